The van der Waals surface area contributed by atoms with Crippen molar-refractivity contribution in [1.29, 1.82) is 0 Å². The SMILES string of the molecule is O=C(O)C(O)c1cc(Cl)cc2c1OCC2. The number of halogens is 1. The molecule has 0 saturated carbocycles. The number of carboxylic acids is 1. The van der Waals surface area contributed by atoms with Crippen LogP contribution in [-0.2, 0) is 11.2 Å². The van der Waals surface area contributed by atoms with E-state index in [-0.39, 0.29) is 5.56 Å². The molecule has 1 unspecified atom stereocenters. The first-order chi connectivity index (χ1) is 7.09. The first-order valence-electron chi connectivity index (χ1n) is 4.45. The van der Waals surface area contributed by atoms with Crippen molar-refractivity contribution in [2.45, 2.75) is 12.5 Å². The van der Waals surface area contributed by atoms with Crippen molar-refractivity contribution in [2.75, 3.05) is 6.61 Å². The molecule has 1 aliphatic heterocycles. The number of aliphatic carboxylic acids is 1. The maximum absolute atomic E-state index is 10.7. The third-order valence-electron chi connectivity index (χ3n) is 2.31. The van der Waals surface area contributed by atoms with Gasteiger partial charge in [0.05, 0.1) is 6.61 Å². The van der Waals surface area contributed by atoms with Gasteiger partial charge in [0, 0.05) is 17.0 Å². The lowest BCUT2D eigenvalue weighted by molar-refractivity contribution is -0.147. The molecular weight excluding hydrogens is 220 g/mol. The molecular formula is C10H9ClO4. The number of aliphatic hydroxyl groups is 1. The van der Waals surface area contributed by atoms with Crippen molar-refractivity contribution in [3.8, 4) is 5.75 Å². The summed E-state index contributed by atoms with van der Waals surface area (Å²) in [5.74, 6) is -0.857. The molecule has 0 spiro atoms. The summed E-state index contributed by atoms with van der Waals surface area (Å²) in [5.41, 5.74) is 1.07. The van der Waals surface area contributed by atoms with E-state index in [0.717, 1.165) is 5.56 Å². The summed E-state index contributed by atoms with van der Waals surface area (Å²) < 4.78 is 5.27. The van der Waals surface area contributed by atoms with Crippen molar-refractivity contribution in [1.82, 2.24) is 0 Å². The number of ether oxygens (including phenoxy) is 1. The van der Waals surface area contributed by atoms with E-state index in [1.807, 2.05) is 0 Å². The van der Waals surface area contributed by atoms with Crippen molar-refractivity contribution < 1.29 is 19.7 Å². The molecule has 2 rings (SSSR count). The minimum atomic E-state index is -1.59. The molecule has 0 amide bonds. The van der Waals surface area contributed by atoms with Crippen LogP contribution < -0.4 is 4.74 Å². The van der Waals surface area contributed by atoms with E-state index < -0.39 is 12.1 Å². The van der Waals surface area contributed by atoms with Crippen LogP contribution in [0.15, 0.2) is 12.1 Å². The lowest BCUT2D eigenvalue weighted by Crippen LogP contribution is -2.11. The van der Waals surface area contributed by atoms with Crippen LogP contribution in [0.5, 0.6) is 5.75 Å². The molecule has 1 aliphatic rings. The summed E-state index contributed by atoms with van der Waals surface area (Å²) >= 11 is 5.82. The van der Waals surface area contributed by atoms with Crippen LogP contribution in [0.4, 0.5) is 0 Å². The molecule has 1 aromatic carbocycles. The molecule has 0 bridgehead atoms. The van der Waals surface area contributed by atoms with Crippen molar-refractivity contribution >= 4 is 17.6 Å². The Morgan fingerprint density at radius 2 is 2.27 bits per heavy atom. The van der Waals surface area contributed by atoms with Gasteiger partial charge in [-0.3, -0.25) is 0 Å². The van der Waals surface area contributed by atoms with Crippen LogP contribution in [0.25, 0.3) is 0 Å². The van der Waals surface area contributed by atoms with Gasteiger partial charge in [0.2, 0.25) is 0 Å². The second-order valence-corrected chi connectivity index (χ2v) is 3.76. The summed E-state index contributed by atoms with van der Waals surface area (Å²) in [7, 11) is 0. The zero-order valence-corrected chi connectivity index (χ0v) is 8.49. The van der Waals surface area contributed by atoms with Gasteiger partial charge < -0.3 is 14.9 Å². The quantitative estimate of drug-likeness (QED) is 0.803. The van der Waals surface area contributed by atoms with Crippen LogP contribution in [0, 0.1) is 0 Å². The number of aliphatic hydroxyl groups excluding tert-OH is 1. The fourth-order valence-corrected chi connectivity index (χ4v) is 1.88. The normalized spacial score (nSPS) is 15.6. The molecule has 0 aliphatic carbocycles. The van der Waals surface area contributed by atoms with Gasteiger partial charge in [0.25, 0.3) is 0 Å². The fraction of sp³-hybridized carbons (Fsp3) is 0.300. The van der Waals surface area contributed by atoms with E-state index in [0.29, 0.717) is 23.8 Å². The second kappa shape index (κ2) is 3.72. The Kier molecular flexibility index (Phi) is 2.54. The largest absolute Gasteiger partial charge is 0.493 e. The zero-order valence-electron chi connectivity index (χ0n) is 7.74. The molecule has 1 atom stereocenters. The highest BCUT2D eigenvalue weighted by atomic mass is 35.5. The number of carbonyl (C=O) groups is 1. The first kappa shape index (κ1) is 10.3. The van der Waals surface area contributed by atoms with E-state index in [4.69, 9.17) is 21.4 Å². The molecule has 1 heterocycles. The average Bonchev–Trinajstić information content (AvgIpc) is 2.62. The van der Waals surface area contributed by atoms with Gasteiger partial charge in [-0.15, -0.1) is 0 Å². The van der Waals surface area contributed by atoms with Crippen LogP contribution in [0.1, 0.15) is 17.2 Å². The summed E-state index contributed by atoms with van der Waals surface area (Å²) in [5, 5.41) is 18.6. The lowest BCUT2D eigenvalue weighted by Gasteiger charge is -2.11. The van der Waals surface area contributed by atoms with Gasteiger partial charge in [0.15, 0.2) is 6.10 Å². The predicted octanol–water partition coefficient (Wildman–Crippen LogP) is 1.39. The van der Waals surface area contributed by atoms with Gasteiger partial charge >= 0.3 is 5.97 Å². The monoisotopic (exact) mass is 228 g/mol. The Hall–Kier alpha value is -1.26. The minimum Gasteiger partial charge on any atom is -0.493 e. The highest BCUT2D eigenvalue weighted by Gasteiger charge is 2.26. The van der Waals surface area contributed by atoms with E-state index in [1.165, 1.54) is 6.07 Å². The second-order valence-electron chi connectivity index (χ2n) is 3.32. The van der Waals surface area contributed by atoms with E-state index in [1.54, 1.807) is 6.07 Å². The highest BCUT2D eigenvalue weighted by molar-refractivity contribution is 6.30. The minimum absolute atomic E-state index is 0.225. The third-order valence-corrected chi connectivity index (χ3v) is 2.52. The van der Waals surface area contributed by atoms with Gasteiger partial charge in [0.1, 0.15) is 5.75 Å². The third kappa shape index (κ3) is 1.78. The average molecular weight is 229 g/mol. The molecule has 80 valence electrons. The molecule has 4 nitrogen and oxygen atoms in total. The maximum Gasteiger partial charge on any atom is 0.337 e. The molecule has 1 aromatic rings. The van der Waals surface area contributed by atoms with Gasteiger partial charge in [-0.25, -0.2) is 4.79 Å². The standard InChI is InChI=1S/C10H9ClO4/c11-6-3-5-1-2-15-9(5)7(4-6)8(12)10(13)14/h3-4,8,12H,1-2H2,(H,13,14). The molecule has 15 heavy (non-hydrogen) atoms. The topological polar surface area (TPSA) is 66.8 Å². The van der Waals surface area contributed by atoms with E-state index in [9.17, 15) is 9.90 Å². The van der Waals surface area contributed by atoms with Crippen LogP contribution in [0.3, 0.4) is 0 Å². The Bertz CT molecular complexity index is 416. The lowest BCUT2D eigenvalue weighted by atomic mass is 10.0. The summed E-state index contributed by atoms with van der Waals surface area (Å²) in [4.78, 5) is 10.7. The zero-order chi connectivity index (χ0) is 11.0. The Morgan fingerprint density at radius 1 is 1.53 bits per heavy atom. The summed E-state index contributed by atoms with van der Waals surface area (Å²) in [6.07, 6.45) is -0.898. The summed E-state index contributed by atoms with van der Waals surface area (Å²) in [6, 6.07) is 3.15. The molecule has 0 aromatic heterocycles. The van der Waals surface area contributed by atoms with E-state index >= 15 is 0 Å². The number of hydrogen-bond acceptors (Lipinski definition) is 3. The summed E-state index contributed by atoms with van der Waals surface area (Å²) in [6.45, 7) is 0.495. The first-order valence-corrected chi connectivity index (χ1v) is 4.83. The molecule has 0 saturated heterocycles. The number of hydrogen-bond donors (Lipinski definition) is 2. The number of carboxylic acid groups (broad SMARTS) is 1. The van der Waals surface area contributed by atoms with Gasteiger partial charge in [-0.05, 0) is 17.7 Å². The Morgan fingerprint density at radius 3 is 2.93 bits per heavy atom. The molecule has 2 N–H and O–H groups in total. The van der Waals surface area contributed by atoms with Gasteiger partial charge in [-0.2, -0.15) is 0 Å². The highest BCUT2D eigenvalue weighted by Crippen LogP contribution is 2.36. The fourth-order valence-electron chi connectivity index (χ4n) is 1.63. The number of benzene rings is 1. The van der Waals surface area contributed by atoms with Gasteiger partial charge in [-0.1, -0.05) is 11.6 Å². The maximum atomic E-state index is 10.7. The van der Waals surface area contributed by atoms with Crippen LogP contribution in [-0.4, -0.2) is 22.8 Å². The number of fused-ring (bicyclic) bond motifs is 1. The molecule has 5 heteroatoms. The smallest absolute Gasteiger partial charge is 0.337 e. The Balaban J connectivity index is 2.51. The van der Waals surface area contributed by atoms with Crippen LogP contribution in [0.2, 0.25) is 5.02 Å². The number of rotatable bonds is 2. The Labute approximate surface area is 91.1 Å². The van der Waals surface area contributed by atoms with Crippen LogP contribution >= 0.6 is 11.6 Å². The molecule has 0 fully saturated rings. The predicted molar refractivity (Wildman–Crippen MR) is 53.2 cm³/mol. The molecule has 0 radical (unpaired) electrons. The van der Waals surface area contributed by atoms with Crippen molar-refractivity contribution in [2.24, 2.45) is 0 Å². The van der Waals surface area contributed by atoms with Crippen molar-refractivity contribution in [3.63, 3.8) is 0 Å². The van der Waals surface area contributed by atoms with Crippen molar-refractivity contribution in [3.05, 3.63) is 28.3 Å². The van der Waals surface area contributed by atoms with E-state index in [2.05, 4.69) is 0 Å².